The van der Waals surface area contributed by atoms with Gasteiger partial charge in [-0.05, 0) is 67.7 Å². The van der Waals surface area contributed by atoms with Crippen molar-refractivity contribution in [1.82, 2.24) is 24.7 Å². The Morgan fingerprint density at radius 1 is 1.13 bits per heavy atom. The zero-order valence-corrected chi connectivity index (χ0v) is 17.9. The number of hydrogen-bond donors (Lipinski definition) is 2. The van der Waals surface area contributed by atoms with E-state index in [4.69, 9.17) is 16.3 Å². The third-order valence-corrected chi connectivity index (χ3v) is 5.93. The maximum absolute atomic E-state index is 6.42. The number of pyridine rings is 1. The largest absolute Gasteiger partial charge is 0.495 e. The summed E-state index contributed by atoms with van der Waals surface area (Å²) in [4.78, 5) is 13.5. The first-order valence-corrected chi connectivity index (χ1v) is 10.7. The van der Waals surface area contributed by atoms with Crippen LogP contribution in [0.3, 0.4) is 0 Å². The van der Waals surface area contributed by atoms with Gasteiger partial charge in [0.25, 0.3) is 0 Å². The van der Waals surface area contributed by atoms with Crippen LogP contribution in [-0.2, 0) is 0 Å². The number of halogens is 1. The van der Waals surface area contributed by atoms with E-state index >= 15 is 0 Å². The van der Waals surface area contributed by atoms with E-state index in [1.165, 1.54) is 5.56 Å². The Labute approximate surface area is 185 Å². The third kappa shape index (κ3) is 3.94. The van der Waals surface area contributed by atoms with Crippen LogP contribution in [0, 0.1) is 0 Å². The molecule has 4 aromatic rings. The first-order valence-electron chi connectivity index (χ1n) is 10.3. The number of hydrogen-bond acceptors (Lipinski definition) is 6. The fraction of sp³-hybridized carbons (Fsp3) is 0.261. The van der Waals surface area contributed by atoms with E-state index in [0.29, 0.717) is 22.7 Å². The molecule has 158 valence electrons. The minimum Gasteiger partial charge on any atom is -0.495 e. The van der Waals surface area contributed by atoms with Crippen LogP contribution in [-0.4, -0.2) is 39.6 Å². The highest BCUT2D eigenvalue weighted by Crippen LogP contribution is 2.34. The number of piperidine rings is 1. The first-order chi connectivity index (χ1) is 15.2. The summed E-state index contributed by atoms with van der Waals surface area (Å²) in [5.41, 5.74) is 4.31. The Hall–Kier alpha value is -3.16. The summed E-state index contributed by atoms with van der Waals surface area (Å²) in [5.74, 6) is 1.80. The van der Waals surface area contributed by atoms with Gasteiger partial charge in [-0.25, -0.2) is 15.0 Å². The molecule has 1 aliphatic heterocycles. The van der Waals surface area contributed by atoms with Crippen LogP contribution in [0.4, 0.5) is 11.6 Å². The van der Waals surface area contributed by atoms with Crippen LogP contribution >= 0.6 is 11.6 Å². The van der Waals surface area contributed by atoms with E-state index in [2.05, 4.69) is 37.7 Å². The zero-order chi connectivity index (χ0) is 21.2. The van der Waals surface area contributed by atoms with Gasteiger partial charge in [0.15, 0.2) is 5.15 Å². The predicted molar refractivity (Wildman–Crippen MR) is 122 cm³/mol. The van der Waals surface area contributed by atoms with Gasteiger partial charge in [-0.2, -0.15) is 0 Å². The van der Waals surface area contributed by atoms with Crippen molar-refractivity contribution in [3.8, 4) is 17.1 Å². The predicted octanol–water partition coefficient (Wildman–Crippen LogP) is 4.66. The van der Waals surface area contributed by atoms with Crippen molar-refractivity contribution in [2.24, 2.45) is 0 Å². The summed E-state index contributed by atoms with van der Waals surface area (Å²) in [6.45, 7) is 2.11. The number of fused-ring (bicyclic) bond motifs is 1. The maximum Gasteiger partial charge on any atom is 0.227 e. The first kappa shape index (κ1) is 19.8. The van der Waals surface area contributed by atoms with E-state index in [1.807, 2.05) is 40.9 Å². The van der Waals surface area contributed by atoms with Crippen molar-refractivity contribution in [3.05, 3.63) is 65.6 Å². The van der Waals surface area contributed by atoms with Crippen molar-refractivity contribution in [2.45, 2.75) is 18.8 Å². The van der Waals surface area contributed by atoms with E-state index < -0.39 is 0 Å². The number of anilines is 2. The van der Waals surface area contributed by atoms with Crippen molar-refractivity contribution in [2.75, 3.05) is 25.5 Å². The highest BCUT2D eigenvalue weighted by atomic mass is 35.5. The molecule has 31 heavy (non-hydrogen) atoms. The van der Waals surface area contributed by atoms with Crippen LogP contribution < -0.4 is 15.4 Å². The number of rotatable bonds is 5. The van der Waals surface area contributed by atoms with Gasteiger partial charge in [-0.1, -0.05) is 23.7 Å². The van der Waals surface area contributed by atoms with Crippen LogP contribution in [0.25, 0.3) is 17.0 Å². The second-order valence-electron chi connectivity index (χ2n) is 7.55. The maximum atomic E-state index is 6.42. The molecule has 7 nitrogen and oxygen atoms in total. The zero-order valence-electron chi connectivity index (χ0n) is 17.2. The molecule has 0 amide bonds. The molecule has 0 bridgehead atoms. The molecule has 1 fully saturated rings. The number of imidazole rings is 1. The number of nitrogens with one attached hydrogen (secondary N) is 2. The smallest absolute Gasteiger partial charge is 0.227 e. The van der Waals surface area contributed by atoms with Gasteiger partial charge >= 0.3 is 0 Å². The molecule has 2 N–H and O–H groups in total. The molecule has 0 unspecified atom stereocenters. The fourth-order valence-corrected chi connectivity index (χ4v) is 4.36. The molecule has 1 saturated heterocycles. The lowest BCUT2D eigenvalue weighted by molar-refractivity contribution is 0.413. The Balaban J connectivity index is 1.45. The lowest BCUT2D eigenvalue weighted by Crippen LogP contribution is -2.26. The highest BCUT2D eigenvalue weighted by molar-refractivity contribution is 6.32. The summed E-state index contributed by atoms with van der Waals surface area (Å²) in [6.07, 6.45) is 5.91. The van der Waals surface area contributed by atoms with Gasteiger partial charge in [0.2, 0.25) is 5.95 Å². The Morgan fingerprint density at radius 2 is 2.00 bits per heavy atom. The second-order valence-corrected chi connectivity index (χ2v) is 7.91. The Bertz CT molecular complexity index is 1220. The normalized spacial score (nSPS) is 14.6. The Morgan fingerprint density at radius 3 is 2.84 bits per heavy atom. The number of aromatic nitrogens is 4. The molecular formula is C23H23ClN6O. The van der Waals surface area contributed by atoms with E-state index in [9.17, 15) is 0 Å². The molecule has 0 aliphatic carbocycles. The van der Waals surface area contributed by atoms with E-state index in [1.54, 1.807) is 13.3 Å². The molecule has 3 aromatic heterocycles. The van der Waals surface area contributed by atoms with Gasteiger partial charge in [0.1, 0.15) is 17.1 Å². The molecule has 1 aliphatic rings. The topological polar surface area (TPSA) is 76.4 Å². The molecule has 0 atom stereocenters. The summed E-state index contributed by atoms with van der Waals surface area (Å²) < 4.78 is 7.58. The van der Waals surface area contributed by atoms with Crippen LogP contribution in [0.15, 0.2) is 54.9 Å². The molecule has 1 aromatic carbocycles. The monoisotopic (exact) mass is 434 g/mol. The summed E-state index contributed by atoms with van der Waals surface area (Å²) in [6, 6.07) is 13.9. The number of nitrogens with zero attached hydrogens (tertiary/aromatic N) is 4. The Kier molecular flexibility index (Phi) is 5.44. The number of ether oxygens (including phenoxy) is 1. The van der Waals surface area contributed by atoms with Crippen molar-refractivity contribution in [3.63, 3.8) is 0 Å². The molecule has 0 saturated carbocycles. The van der Waals surface area contributed by atoms with Gasteiger partial charge in [-0.15, -0.1) is 0 Å². The molecule has 8 heteroatoms. The molecular weight excluding hydrogens is 412 g/mol. The second kappa shape index (κ2) is 8.53. The van der Waals surface area contributed by atoms with E-state index in [0.717, 1.165) is 48.7 Å². The fourth-order valence-electron chi connectivity index (χ4n) is 4.09. The van der Waals surface area contributed by atoms with Crippen molar-refractivity contribution in [1.29, 1.82) is 0 Å². The molecule has 5 rings (SSSR count). The van der Waals surface area contributed by atoms with Gasteiger partial charge in [0.05, 0.1) is 18.5 Å². The average molecular weight is 435 g/mol. The standard InChI is InChI=1S/C23H23ClN6O/c1-31-19-14-16(15-7-10-25-11-8-15)5-6-17(19)27-23-26-12-9-18(28-23)21-22(24)29-20-4-2-3-13-30(20)21/h2-6,9,12-15,25H,7-8,10-11H2,1H3,(H,26,27,28). The number of methoxy groups -OCH3 is 1. The van der Waals surface area contributed by atoms with E-state index in [-0.39, 0.29) is 0 Å². The molecule has 4 heterocycles. The van der Waals surface area contributed by atoms with Gasteiger partial charge < -0.3 is 15.4 Å². The summed E-state index contributed by atoms with van der Waals surface area (Å²) in [5, 5.41) is 7.11. The van der Waals surface area contributed by atoms with Crippen molar-refractivity contribution < 1.29 is 4.74 Å². The van der Waals surface area contributed by atoms with Crippen molar-refractivity contribution >= 4 is 28.9 Å². The lowest BCUT2D eigenvalue weighted by Gasteiger charge is -2.24. The minimum absolute atomic E-state index is 0.403. The summed E-state index contributed by atoms with van der Waals surface area (Å²) in [7, 11) is 1.68. The summed E-state index contributed by atoms with van der Waals surface area (Å²) >= 11 is 6.42. The van der Waals surface area contributed by atoms with Gasteiger partial charge in [-0.3, -0.25) is 4.40 Å². The third-order valence-electron chi connectivity index (χ3n) is 5.67. The molecule has 0 radical (unpaired) electrons. The highest BCUT2D eigenvalue weighted by Gasteiger charge is 2.18. The molecule has 0 spiro atoms. The van der Waals surface area contributed by atoms with Gasteiger partial charge in [0, 0.05) is 12.4 Å². The average Bonchev–Trinajstić information content (AvgIpc) is 3.16. The number of benzene rings is 1. The van der Waals surface area contributed by atoms with Crippen LogP contribution in [0.2, 0.25) is 5.15 Å². The lowest BCUT2D eigenvalue weighted by atomic mass is 9.90. The van der Waals surface area contributed by atoms with Crippen LogP contribution in [0.5, 0.6) is 5.75 Å². The van der Waals surface area contributed by atoms with Crippen LogP contribution in [0.1, 0.15) is 24.3 Å². The minimum atomic E-state index is 0.403. The SMILES string of the molecule is COc1cc(C2CCNCC2)ccc1Nc1nccc(-c2c(Cl)nc3ccccn23)n1. The quantitative estimate of drug-likeness (QED) is 0.475.